The van der Waals surface area contributed by atoms with Crippen LogP contribution in [-0.2, 0) is 10.8 Å². The summed E-state index contributed by atoms with van der Waals surface area (Å²) in [5, 5.41) is 6.30. The van der Waals surface area contributed by atoms with Gasteiger partial charge in [0.15, 0.2) is 0 Å². The fraction of sp³-hybridized carbons (Fsp3) is 0.636. The van der Waals surface area contributed by atoms with E-state index in [0.29, 0.717) is 18.2 Å². The number of aryl methyl sites for hydroxylation is 1. The summed E-state index contributed by atoms with van der Waals surface area (Å²) in [6.45, 7) is 5.55. The van der Waals surface area contributed by atoms with Gasteiger partial charge in [-0.2, -0.15) is 4.98 Å². The van der Waals surface area contributed by atoms with Crippen molar-refractivity contribution in [2.24, 2.45) is 0 Å². The van der Waals surface area contributed by atoms with Crippen molar-refractivity contribution in [3.8, 4) is 0 Å². The molecule has 0 aromatic carbocycles. The second-order valence-corrected chi connectivity index (χ2v) is 5.40. The molecular weight excluding hydrogens is 236 g/mol. The van der Waals surface area contributed by atoms with Gasteiger partial charge in [-0.25, -0.2) is 4.98 Å². The molecule has 0 aliphatic carbocycles. The predicted octanol–water partition coefficient (Wildman–Crippen LogP) is 1.40. The van der Waals surface area contributed by atoms with E-state index in [0.717, 1.165) is 24.5 Å². The first-order valence-electron chi connectivity index (χ1n) is 5.75. The minimum absolute atomic E-state index is 0.626. The molecule has 0 saturated carbocycles. The van der Waals surface area contributed by atoms with Gasteiger partial charge in [-0.1, -0.05) is 6.92 Å². The molecule has 6 heteroatoms. The molecule has 0 amide bonds. The molecule has 17 heavy (non-hydrogen) atoms. The van der Waals surface area contributed by atoms with Crippen molar-refractivity contribution < 1.29 is 4.21 Å². The van der Waals surface area contributed by atoms with Gasteiger partial charge >= 0.3 is 0 Å². The van der Waals surface area contributed by atoms with Gasteiger partial charge in [0, 0.05) is 47.7 Å². The first-order chi connectivity index (χ1) is 8.11. The smallest absolute Gasteiger partial charge is 0.224 e. The molecule has 5 nitrogen and oxygen atoms in total. The SMILES string of the molecule is CCCNc1nc(C)cc(NCCS(C)=O)n1. The Balaban J connectivity index is 2.58. The van der Waals surface area contributed by atoms with Crippen LogP contribution in [0.2, 0.25) is 0 Å². The van der Waals surface area contributed by atoms with Gasteiger partial charge in [0.25, 0.3) is 0 Å². The van der Waals surface area contributed by atoms with E-state index in [1.807, 2.05) is 13.0 Å². The Labute approximate surface area is 105 Å². The summed E-state index contributed by atoms with van der Waals surface area (Å²) in [7, 11) is -0.776. The van der Waals surface area contributed by atoms with E-state index in [1.54, 1.807) is 6.26 Å². The molecule has 1 atom stereocenters. The highest BCUT2D eigenvalue weighted by Gasteiger charge is 2.01. The monoisotopic (exact) mass is 256 g/mol. The predicted molar refractivity (Wildman–Crippen MR) is 73.0 cm³/mol. The Morgan fingerprint density at radius 2 is 2.06 bits per heavy atom. The molecule has 0 bridgehead atoms. The zero-order valence-corrected chi connectivity index (χ0v) is 11.4. The van der Waals surface area contributed by atoms with Crippen molar-refractivity contribution >= 4 is 22.6 Å². The maximum absolute atomic E-state index is 10.9. The Bertz CT molecular complexity index is 384. The van der Waals surface area contributed by atoms with E-state index >= 15 is 0 Å². The van der Waals surface area contributed by atoms with Crippen molar-refractivity contribution in [3.63, 3.8) is 0 Å². The number of anilines is 2. The van der Waals surface area contributed by atoms with Crippen LogP contribution in [0.1, 0.15) is 19.0 Å². The van der Waals surface area contributed by atoms with E-state index in [2.05, 4.69) is 27.5 Å². The summed E-state index contributed by atoms with van der Waals surface area (Å²) in [5.74, 6) is 2.05. The Hall–Kier alpha value is -1.17. The fourth-order valence-electron chi connectivity index (χ4n) is 1.30. The zero-order valence-electron chi connectivity index (χ0n) is 10.6. The second-order valence-electron chi connectivity index (χ2n) is 3.85. The van der Waals surface area contributed by atoms with Crippen molar-refractivity contribution in [1.82, 2.24) is 9.97 Å². The van der Waals surface area contributed by atoms with Crippen LogP contribution in [0.4, 0.5) is 11.8 Å². The summed E-state index contributed by atoms with van der Waals surface area (Å²) < 4.78 is 10.9. The van der Waals surface area contributed by atoms with Crippen LogP contribution in [0, 0.1) is 6.92 Å². The number of hydrogen-bond acceptors (Lipinski definition) is 5. The highest BCUT2D eigenvalue weighted by molar-refractivity contribution is 7.84. The molecule has 1 unspecified atom stereocenters. The summed E-state index contributed by atoms with van der Waals surface area (Å²) >= 11 is 0. The molecule has 1 rings (SSSR count). The Morgan fingerprint density at radius 3 is 2.71 bits per heavy atom. The molecule has 0 saturated heterocycles. The van der Waals surface area contributed by atoms with Crippen LogP contribution >= 0.6 is 0 Å². The lowest BCUT2D eigenvalue weighted by molar-refractivity contribution is 0.687. The van der Waals surface area contributed by atoms with Crippen molar-refractivity contribution in [2.75, 3.05) is 35.7 Å². The van der Waals surface area contributed by atoms with Crippen LogP contribution in [0.15, 0.2) is 6.07 Å². The van der Waals surface area contributed by atoms with Crippen LogP contribution in [0.25, 0.3) is 0 Å². The van der Waals surface area contributed by atoms with Gasteiger partial charge < -0.3 is 10.6 Å². The molecule has 1 heterocycles. The van der Waals surface area contributed by atoms with Gasteiger partial charge in [-0.15, -0.1) is 0 Å². The van der Waals surface area contributed by atoms with Crippen molar-refractivity contribution in [3.05, 3.63) is 11.8 Å². The highest BCUT2D eigenvalue weighted by atomic mass is 32.2. The van der Waals surface area contributed by atoms with Crippen molar-refractivity contribution in [2.45, 2.75) is 20.3 Å². The second kappa shape index (κ2) is 7.21. The Kier molecular flexibility index (Phi) is 5.90. The van der Waals surface area contributed by atoms with Gasteiger partial charge in [0.2, 0.25) is 5.95 Å². The molecule has 1 aromatic heterocycles. The summed E-state index contributed by atoms with van der Waals surface area (Å²) in [6, 6.07) is 1.88. The number of rotatable bonds is 7. The Morgan fingerprint density at radius 1 is 1.29 bits per heavy atom. The average molecular weight is 256 g/mol. The quantitative estimate of drug-likeness (QED) is 0.772. The maximum Gasteiger partial charge on any atom is 0.224 e. The summed E-state index contributed by atoms with van der Waals surface area (Å²) in [4.78, 5) is 8.63. The van der Waals surface area contributed by atoms with E-state index in [1.165, 1.54) is 0 Å². The summed E-state index contributed by atoms with van der Waals surface area (Å²) in [5.41, 5.74) is 0.915. The number of nitrogens with zero attached hydrogens (tertiary/aromatic N) is 2. The lowest BCUT2D eigenvalue weighted by Crippen LogP contribution is -2.13. The molecular formula is C11H20N4OS. The minimum atomic E-state index is -0.776. The number of aromatic nitrogens is 2. The summed E-state index contributed by atoms with van der Waals surface area (Å²) in [6.07, 6.45) is 2.73. The van der Waals surface area contributed by atoms with E-state index in [9.17, 15) is 4.21 Å². The van der Waals surface area contributed by atoms with Gasteiger partial charge in [0.1, 0.15) is 5.82 Å². The van der Waals surface area contributed by atoms with Crippen LogP contribution < -0.4 is 10.6 Å². The number of nitrogens with one attached hydrogen (secondary N) is 2. The van der Waals surface area contributed by atoms with E-state index < -0.39 is 10.8 Å². The number of hydrogen-bond donors (Lipinski definition) is 2. The average Bonchev–Trinajstić information content (AvgIpc) is 2.25. The molecule has 0 spiro atoms. The first kappa shape index (κ1) is 13.9. The molecule has 1 aromatic rings. The molecule has 0 aliphatic heterocycles. The van der Waals surface area contributed by atoms with E-state index in [-0.39, 0.29) is 0 Å². The molecule has 0 aliphatic rings. The van der Waals surface area contributed by atoms with Gasteiger partial charge in [0.05, 0.1) is 0 Å². The molecule has 96 valence electrons. The van der Waals surface area contributed by atoms with E-state index in [4.69, 9.17) is 0 Å². The lowest BCUT2D eigenvalue weighted by atomic mass is 10.4. The third-order valence-corrected chi connectivity index (χ3v) is 2.86. The third kappa shape index (κ3) is 5.63. The molecule has 2 N–H and O–H groups in total. The van der Waals surface area contributed by atoms with Crippen molar-refractivity contribution in [1.29, 1.82) is 0 Å². The molecule has 0 fully saturated rings. The normalized spacial score (nSPS) is 12.2. The largest absolute Gasteiger partial charge is 0.369 e. The minimum Gasteiger partial charge on any atom is -0.369 e. The third-order valence-electron chi connectivity index (χ3n) is 2.08. The standard InChI is InChI=1S/C11H20N4OS/c1-4-5-13-11-14-9(2)8-10(15-11)12-6-7-17(3)16/h8H,4-7H2,1-3H3,(H2,12,13,14,15). The topological polar surface area (TPSA) is 66.9 Å². The zero-order chi connectivity index (χ0) is 12.7. The first-order valence-corrected chi connectivity index (χ1v) is 7.48. The van der Waals surface area contributed by atoms with Gasteiger partial charge in [-0.05, 0) is 13.3 Å². The molecule has 0 radical (unpaired) electrons. The fourth-order valence-corrected chi connectivity index (χ4v) is 1.69. The van der Waals surface area contributed by atoms with Crippen LogP contribution in [0.5, 0.6) is 0 Å². The lowest BCUT2D eigenvalue weighted by Gasteiger charge is -2.08. The highest BCUT2D eigenvalue weighted by Crippen LogP contribution is 2.09. The van der Waals surface area contributed by atoms with Gasteiger partial charge in [-0.3, -0.25) is 4.21 Å². The maximum atomic E-state index is 10.9. The van der Waals surface area contributed by atoms with Crippen LogP contribution in [0.3, 0.4) is 0 Å². The van der Waals surface area contributed by atoms with Crippen LogP contribution in [-0.4, -0.2) is 39.3 Å².